The SMILES string of the molecule is COc1cc(C)c(CC(=O)NN(C)C)c(OC)c1. The van der Waals surface area contributed by atoms with Crippen molar-refractivity contribution in [2.75, 3.05) is 28.3 Å². The number of rotatable bonds is 5. The molecule has 0 bridgehead atoms. The van der Waals surface area contributed by atoms with Gasteiger partial charge in [-0.3, -0.25) is 10.2 Å². The Morgan fingerprint density at radius 3 is 2.44 bits per heavy atom. The fourth-order valence-electron chi connectivity index (χ4n) is 1.73. The molecule has 0 fully saturated rings. The lowest BCUT2D eigenvalue weighted by Crippen LogP contribution is -2.37. The fraction of sp³-hybridized carbons (Fsp3) is 0.462. The van der Waals surface area contributed by atoms with Crippen molar-refractivity contribution in [2.45, 2.75) is 13.3 Å². The Bertz CT molecular complexity index is 430. The van der Waals surface area contributed by atoms with E-state index < -0.39 is 0 Å². The summed E-state index contributed by atoms with van der Waals surface area (Å²) in [6.45, 7) is 1.93. The number of aryl methyl sites for hydroxylation is 1. The van der Waals surface area contributed by atoms with Crippen molar-refractivity contribution in [3.05, 3.63) is 23.3 Å². The lowest BCUT2D eigenvalue weighted by molar-refractivity contribution is -0.124. The summed E-state index contributed by atoms with van der Waals surface area (Å²) < 4.78 is 10.5. The zero-order valence-corrected chi connectivity index (χ0v) is 11.5. The van der Waals surface area contributed by atoms with Crippen molar-refractivity contribution < 1.29 is 14.3 Å². The van der Waals surface area contributed by atoms with Gasteiger partial charge in [-0.25, -0.2) is 5.01 Å². The maximum Gasteiger partial charge on any atom is 0.238 e. The van der Waals surface area contributed by atoms with E-state index in [1.165, 1.54) is 0 Å². The summed E-state index contributed by atoms with van der Waals surface area (Å²) in [5, 5.41) is 1.62. The molecule has 0 unspecified atom stereocenters. The van der Waals surface area contributed by atoms with E-state index >= 15 is 0 Å². The molecule has 100 valence electrons. The number of ether oxygens (including phenoxy) is 2. The minimum Gasteiger partial charge on any atom is -0.497 e. The molecule has 1 rings (SSSR count). The van der Waals surface area contributed by atoms with Crippen molar-refractivity contribution in [2.24, 2.45) is 0 Å². The van der Waals surface area contributed by atoms with Crippen LogP contribution in [0.3, 0.4) is 0 Å². The predicted octanol–water partition coefficient (Wildman–Crippen LogP) is 1.15. The molecule has 0 aromatic heterocycles. The van der Waals surface area contributed by atoms with Gasteiger partial charge >= 0.3 is 0 Å². The van der Waals surface area contributed by atoms with E-state index in [0.717, 1.165) is 16.9 Å². The van der Waals surface area contributed by atoms with Gasteiger partial charge in [0.15, 0.2) is 0 Å². The Morgan fingerprint density at radius 1 is 1.28 bits per heavy atom. The quantitative estimate of drug-likeness (QED) is 0.799. The number of amides is 1. The summed E-state index contributed by atoms with van der Waals surface area (Å²) in [5.41, 5.74) is 4.55. The van der Waals surface area contributed by atoms with E-state index in [1.807, 2.05) is 13.0 Å². The van der Waals surface area contributed by atoms with Gasteiger partial charge in [0, 0.05) is 25.7 Å². The van der Waals surface area contributed by atoms with Crippen molar-refractivity contribution in [3.8, 4) is 11.5 Å². The maximum atomic E-state index is 11.8. The molecule has 0 spiro atoms. The second kappa shape index (κ2) is 6.26. The molecule has 0 saturated carbocycles. The van der Waals surface area contributed by atoms with Crippen LogP contribution in [0.5, 0.6) is 11.5 Å². The van der Waals surface area contributed by atoms with Crippen LogP contribution in [0.1, 0.15) is 11.1 Å². The van der Waals surface area contributed by atoms with E-state index in [4.69, 9.17) is 9.47 Å². The monoisotopic (exact) mass is 252 g/mol. The molecule has 1 amide bonds. The third-order valence-corrected chi connectivity index (χ3v) is 2.55. The second-order valence-corrected chi connectivity index (χ2v) is 4.23. The number of nitrogens with one attached hydrogen (secondary N) is 1. The number of hydrogen-bond acceptors (Lipinski definition) is 4. The molecule has 5 nitrogen and oxygen atoms in total. The third kappa shape index (κ3) is 3.63. The molecule has 1 N–H and O–H groups in total. The molecule has 0 aliphatic heterocycles. The summed E-state index contributed by atoms with van der Waals surface area (Å²) in [7, 11) is 6.74. The number of methoxy groups -OCH3 is 2. The molecule has 1 aromatic rings. The normalized spacial score (nSPS) is 10.3. The van der Waals surface area contributed by atoms with Crippen LogP contribution in [0.4, 0.5) is 0 Å². The lowest BCUT2D eigenvalue weighted by atomic mass is 10.0. The van der Waals surface area contributed by atoms with Crippen molar-refractivity contribution in [3.63, 3.8) is 0 Å². The molecule has 0 radical (unpaired) electrons. The highest BCUT2D eigenvalue weighted by atomic mass is 16.5. The second-order valence-electron chi connectivity index (χ2n) is 4.23. The van der Waals surface area contributed by atoms with Gasteiger partial charge in [-0.2, -0.15) is 0 Å². The molecular formula is C13H20N2O3. The minimum absolute atomic E-state index is 0.0773. The van der Waals surface area contributed by atoms with Gasteiger partial charge < -0.3 is 9.47 Å². The van der Waals surface area contributed by atoms with Crippen molar-refractivity contribution in [1.29, 1.82) is 0 Å². The Balaban J connectivity index is 2.97. The van der Waals surface area contributed by atoms with Crippen LogP contribution < -0.4 is 14.9 Å². The van der Waals surface area contributed by atoms with E-state index in [-0.39, 0.29) is 12.3 Å². The van der Waals surface area contributed by atoms with Gasteiger partial charge in [0.05, 0.1) is 20.6 Å². The van der Waals surface area contributed by atoms with Gasteiger partial charge in [0.2, 0.25) is 5.91 Å². The average Bonchev–Trinajstić information content (AvgIpc) is 2.30. The molecule has 18 heavy (non-hydrogen) atoms. The van der Waals surface area contributed by atoms with Crippen molar-refractivity contribution in [1.82, 2.24) is 10.4 Å². The van der Waals surface area contributed by atoms with Crippen LogP contribution in [0, 0.1) is 6.92 Å². The largest absolute Gasteiger partial charge is 0.497 e. The molecule has 5 heteroatoms. The van der Waals surface area contributed by atoms with Crippen molar-refractivity contribution >= 4 is 5.91 Å². The van der Waals surface area contributed by atoms with E-state index in [1.54, 1.807) is 39.4 Å². The van der Waals surface area contributed by atoms with E-state index in [0.29, 0.717) is 5.75 Å². The van der Waals surface area contributed by atoms with Crippen LogP contribution >= 0.6 is 0 Å². The summed E-state index contributed by atoms with van der Waals surface area (Å²) in [6.07, 6.45) is 0.275. The first-order chi connectivity index (χ1) is 8.47. The Labute approximate surface area is 108 Å². The van der Waals surface area contributed by atoms with Gasteiger partial charge in [0.1, 0.15) is 11.5 Å². The first-order valence-corrected chi connectivity index (χ1v) is 5.66. The Morgan fingerprint density at radius 2 is 1.94 bits per heavy atom. The molecule has 0 saturated heterocycles. The number of carbonyl (C=O) groups is 1. The topological polar surface area (TPSA) is 50.8 Å². The van der Waals surface area contributed by atoms with Gasteiger partial charge in [-0.05, 0) is 18.6 Å². The van der Waals surface area contributed by atoms with Crippen LogP contribution in [0.25, 0.3) is 0 Å². The summed E-state index contributed by atoms with van der Waals surface area (Å²) >= 11 is 0. The lowest BCUT2D eigenvalue weighted by Gasteiger charge is -2.15. The fourth-order valence-corrected chi connectivity index (χ4v) is 1.73. The van der Waals surface area contributed by atoms with Gasteiger partial charge in [-0.15, -0.1) is 0 Å². The van der Waals surface area contributed by atoms with E-state index in [2.05, 4.69) is 5.43 Å². The number of benzene rings is 1. The summed E-state index contributed by atoms with van der Waals surface area (Å²) in [4.78, 5) is 11.8. The zero-order chi connectivity index (χ0) is 13.7. The predicted molar refractivity (Wildman–Crippen MR) is 69.8 cm³/mol. The van der Waals surface area contributed by atoms with Crippen LogP contribution in [-0.2, 0) is 11.2 Å². The highest BCUT2D eigenvalue weighted by molar-refractivity contribution is 5.79. The van der Waals surface area contributed by atoms with Crippen LogP contribution in [-0.4, -0.2) is 39.2 Å². The highest BCUT2D eigenvalue weighted by Gasteiger charge is 2.13. The van der Waals surface area contributed by atoms with Gasteiger partial charge in [-0.1, -0.05) is 0 Å². The standard InChI is InChI=1S/C13H20N2O3/c1-9-6-10(17-4)7-12(18-5)11(9)8-13(16)14-15(2)3/h6-7H,8H2,1-5H3,(H,14,16). The molecule has 0 aliphatic rings. The number of carbonyl (C=O) groups excluding carboxylic acids is 1. The first kappa shape index (κ1) is 14.3. The maximum absolute atomic E-state index is 11.8. The molecule has 0 heterocycles. The summed E-state index contributed by atoms with van der Waals surface area (Å²) in [5.74, 6) is 1.31. The molecule has 1 aromatic carbocycles. The molecule has 0 atom stereocenters. The van der Waals surface area contributed by atoms with Crippen LogP contribution in [0.2, 0.25) is 0 Å². The number of hydrazine groups is 1. The minimum atomic E-state index is -0.0773. The van der Waals surface area contributed by atoms with E-state index in [9.17, 15) is 4.79 Å². The average molecular weight is 252 g/mol. The molecular weight excluding hydrogens is 232 g/mol. The number of hydrogen-bond donors (Lipinski definition) is 1. The third-order valence-electron chi connectivity index (χ3n) is 2.55. The Kier molecular flexibility index (Phi) is 4.97. The number of nitrogens with zero attached hydrogens (tertiary/aromatic N) is 1. The summed E-state index contributed by atoms with van der Waals surface area (Å²) in [6, 6.07) is 3.67. The highest BCUT2D eigenvalue weighted by Crippen LogP contribution is 2.28. The smallest absolute Gasteiger partial charge is 0.238 e. The molecule has 0 aliphatic carbocycles. The van der Waals surface area contributed by atoms with Gasteiger partial charge in [0.25, 0.3) is 0 Å². The Hall–Kier alpha value is -1.75. The van der Waals surface area contributed by atoms with Crippen LogP contribution in [0.15, 0.2) is 12.1 Å². The first-order valence-electron chi connectivity index (χ1n) is 5.66. The zero-order valence-electron chi connectivity index (χ0n) is 11.5.